The summed E-state index contributed by atoms with van der Waals surface area (Å²) in [6, 6.07) is 12.2. The number of hydrogen-bond donors (Lipinski definition) is 1. The summed E-state index contributed by atoms with van der Waals surface area (Å²) in [6.07, 6.45) is 1.87. The molecule has 2 aliphatic heterocycles. The zero-order valence-electron chi connectivity index (χ0n) is 19.1. The van der Waals surface area contributed by atoms with Crippen LogP contribution in [0.3, 0.4) is 0 Å². The average molecular weight is 472 g/mol. The fourth-order valence-corrected chi connectivity index (χ4v) is 4.87. The monoisotopic (exact) mass is 471 g/mol. The normalized spacial score (nSPS) is 19.3. The van der Waals surface area contributed by atoms with Crippen LogP contribution in [0.4, 0.5) is 5.69 Å². The van der Waals surface area contributed by atoms with Crippen molar-refractivity contribution in [1.29, 1.82) is 0 Å². The summed E-state index contributed by atoms with van der Waals surface area (Å²) in [7, 11) is -3.33. The first-order chi connectivity index (χ1) is 15.7. The molecule has 2 heterocycles. The fourth-order valence-electron chi connectivity index (χ4n) is 4.13. The molecule has 9 heteroatoms. The summed E-state index contributed by atoms with van der Waals surface area (Å²) < 4.78 is 31.5. The predicted octanol–water partition coefficient (Wildman–Crippen LogP) is 2.42. The number of fused-ring (bicyclic) bond motifs is 2. The van der Waals surface area contributed by atoms with Gasteiger partial charge in [-0.15, -0.1) is 0 Å². The number of nitrogens with zero attached hydrogens (tertiary/aromatic N) is 2. The van der Waals surface area contributed by atoms with Crippen molar-refractivity contribution in [2.75, 3.05) is 17.8 Å². The highest BCUT2D eigenvalue weighted by Crippen LogP contribution is 2.34. The van der Waals surface area contributed by atoms with Gasteiger partial charge in [0.15, 0.2) is 0 Å². The zero-order valence-corrected chi connectivity index (χ0v) is 19.9. The van der Waals surface area contributed by atoms with E-state index in [4.69, 9.17) is 4.74 Å². The Balaban J connectivity index is 1.67. The number of rotatable bonds is 6. The van der Waals surface area contributed by atoms with Crippen molar-refractivity contribution in [3.05, 3.63) is 59.2 Å². The maximum atomic E-state index is 13.6. The predicted molar refractivity (Wildman–Crippen MR) is 125 cm³/mol. The van der Waals surface area contributed by atoms with E-state index in [0.717, 1.165) is 16.7 Å². The van der Waals surface area contributed by atoms with E-state index in [9.17, 15) is 18.0 Å². The first kappa shape index (κ1) is 23.3. The number of anilines is 1. The molecule has 0 bridgehead atoms. The van der Waals surface area contributed by atoms with Crippen LogP contribution in [-0.2, 0) is 39.2 Å². The lowest BCUT2D eigenvalue weighted by Gasteiger charge is -2.26. The molecule has 33 heavy (non-hydrogen) atoms. The molecule has 0 unspecified atom stereocenters. The topological polar surface area (TPSA) is 96.0 Å². The summed E-state index contributed by atoms with van der Waals surface area (Å²) in [5.41, 5.74) is 3.35. The molecule has 0 saturated carbocycles. The molecule has 2 atom stereocenters. The summed E-state index contributed by atoms with van der Waals surface area (Å²) in [4.78, 5) is 27.8. The van der Waals surface area contributed by atoms with Crippen LogP contribution >= 0.6 is 0 Å². The van der Waals surface area contributed by atoms with E-state index in [-0.39, 0.29) is 37.4 Å². The Kier molecular flexibility index (Phi) is 6.45. The van der Waals surface area contributed by atoms with Crippen molar-refractivity contribution in [2.24, 2.45) is 5.92 Å². The van der Waals surface area contributed by atoms with Gasteiger partial charge < -0.3 is 15.0 Å². The Morgan fingerprint density at radius 2 is 1.94 bits per heavy atom. The second-order valence-electron chi connectivity index (χ2n) is 8.66. The van der Waals surface area contributed by atoms with Crippen LogP contribution in [0.2, 0.25) is 0 Å². The van der Waals surface area contributed by atoms with Gasteiger partial charge >= 0.3 is 0 Å². The lowest BCUT2D eigenvalue weighted by molar-refractivity contribution is -0.130. The Bertz CT molecular complexity index is 1180. The third kappa shape index (κ3) is 4.74. The van der Waals surface area contributed by atoms with Crippen molar-refractivity contribution in [3.8, 4) is 5.75 Å². The molecule has 0 aliphatic carbocycles. The number of sulfonamides is 1. The van der Waals surface area contributed by atoms with Crippen LogP contribution in [0.5, 0.6) is 5.75 Å². The van der Waals surface area contributed by atoms with E-state index in [1.165, 1.54) is 10.6 Å². The Hall–Kier alpha value is -2.91. The van der Waals surface area contributed by atoms with E-state index in [0.29, 0.717) is 24.4 Å². The zero-order chi connectivity index (χ0) is 23.8. The molecule has 176 valence electrons. The SMILES string of the molecule is CC[C@@H](C)C(=O)N[C@H]1COc2ccccc2N(Cc2cccc3c2CN(S(C)(=O)=O)C3)C1=O. The van der Waals surface area contributed by atoms with Crippen molar-refractivity contribution < 1.29 is 22.7 Å². The largest absolute Gasteiger partial charge is 0.489 e. The van der Waals surface area contributed by atoms with Gasteiger partial charge in [-0.3, -0.25) is 9.59 Å². The van der Waals surface area contributed by atoms with Crippen molar-refractivity contribution in [1.82, 2.24) is 9.62 Å². The highest BCUT2D eigenvalue weighted by atomic mass is 32.2. The number of para-hydroxylation sites is 2. The van der Waals surface area contributed by atoms with Crippen LogP contribution in [0.1, 0.15) is 37.0 Å². The van der Waals surface area contributed by atoms with Gasteiger partial charge in [-0.05, 0) is 35.2 Å². The summed E-state index contributed by atoms with van der Waals surface area (Å²) >= 11 is 0. The molecule has 2 aliphatic rings. The van der Waals surface area contributed by atoms with Gasteiger partial charge in [0.25, 0.3) is 5.91 Å². The smallest absolute Gasteiger partial charge is 0.253 e. The summed E-state index contributed by atoms with van der Waals surface area (Å²) in [6.45, 7) is 4.64. The van der Waals surface area contributed by atoms with E-state index in [1.807, 2.05) is 50.2 Å². The summed E-state index contributed by atoms with van der Waals surface area (Å²) in [5, 5.41) is 2.85. The number of nitrogens with one attached hydrogen (secondary N) is 1. The molecule has 2 aromatic rings. The minimum absolute atomic E-state index is 0.0449. The van der Waals surface area contributed by atoms with Gasteiger partial charge in [-0.25, -0.2) is 8.42 Å². The molecule has 0 fully saturated rings. The van der Waals surface area contributed by atoms with Crippen molar-refractivity contribution in [3.63, 3.8) is 0 Å². The third-order valence-corrected chi connectivity index (χ3v) is 7.55. The first-order valence-corrected chi connectivity index (χ1v) is 12.9. The molecular weight excluding hydrogens is 442 g/mol. The second-order valence-corrected chi connectivity index (χ2v) is 10.6. The maximum Gasteiger partial charge on any atom is 0.253 e. The van der Waals surface area contributed by atoms with Gasteiger partial charge in [0.05, 0.1) is 18.5 Å². The first-order valence-electron chi connectivity index (χ1n) is 11.1. The van der Waals surface area contributed by atoms with Crippen LogP contribution in [0, 0.1) is 5.92 Å². The molecule has 4 rings (SSSR count). The van der Waals surface area contributed by atoms with Gasteiger partial charge in [-0.2, -0.15) is 4.31 Å². The number of hydrogen-bond acceptors (Lipinski definition) is 5. The number of carbonyl (C=O) groups is 2. The van der Waals surface area contributed by atoms with Gasteiger partial charge in [0, 0.05) is 19.0 Å². The van der Waals surface area contributed by atoms with Gasteiger partial charge in [-0.1, -0.05) is 44.2 Å². The Morgan fingerprint density at radius 1 is 1.18 bits per heavy atom. The van der Waals surface area contributed by atoms with Gasteiger partial charge in [0.1, 0.15) is 18.4 Å². The minimum Gasteiger partial charge on any atom is -0.489 e. The molecule has 1 N–H and O–H groups in total. The van der Waals surface area contributed by atoms with Crippen molar-refractivity contribution >= 4 is 27.5 Å². The van der Waals surface area contributed by atoms with Crippen LogP contribution in [0.25, 0.3) is 0 Å². The van der Waals surface area contributed by atoms with Crippen LogP contribution < -0.4 is 15.0 Å². The molecule has 2 amide bonds. The average Bonchev–Trinajstić information content (AvgIpc) is 3.20. The number of carbonyl (C=O) groups excluding carboxylic acids is 2. The lowest BCUT2D eigenvalue weighted by atomic mass is 10.0. The van der Waals surface area contributed by atoms with Crippen LogP contribution in [0.15, 0.2) is 42.5 Å². The van der Waals surface area contributed by atoms with Gasteiger partial charge in [0.2, 0.25) is 15.9 Å². The van der Waals surface area contributed by atoms with Crippen LogP contribution in [-0.4, -0.2) is 43.4 Å². The van der Waals surface area contributed by atoms with E-state index >= 15 is 0 Å². The molecule has 0 radical (unpaired) electrons. The maximum absolute atomic E-state index is 13.6. The number of ether oxygens (including phenoxy) is 1. The van der Waals surface area contributed by atoms with E-state index < -0.39 is 16.1 Å². The fraction of sp³-hybridized carbons (Fsp3) is 0.417. The third-order valence-electron chi connectivity index (χ3n) is 6.35. The lowest BCUT2D eigenvalue weighted by Crippen LogP contribution is -2.51. The molecule has 8 nitrogen and oxygen atoms in total. The molecule has 0 spiro atoms. The minimum atomic E-state index is -3.33. The highest BCUT2D eigenvalue weighted by Gasteiger charge is 2.35. The Labute approximate surface area is 194 Å². The molecule has 0 aromatic heterocycles. The van der Waals surface area contributed by atoms with E-state index in [1.54, 1.807) is 11.0 Å². The summed E-state index contributed by atoms with van der Waals surface area (Å²) in [5.74, 6) is -0.0883. The van der Waals surface area contributed by atoms with E-state index in [2.05, 4.69) is 5.32 Å². The van der Waals surface area contributed by atoms with Crippen molar-refractivity contribution in [2.45, 2.75) is 45.9 Å². The Morgan fingerprint density at radius 3 is 2.67 bits per heavy atom. The quantitative estimate of drug-likeness (QED) is 0.698. The number of amides is 2. The molecule has 0 saturated heterocycles. The molecular formula is C24H29N3O5S. The number of benzene rings is 2. The highest BCUT2D eigenvalue weighted by molar-refractivity contribution is 7.88. The standard InChI is InChI=1S/C24H29N3O5S/c1-4-16(2)23(28)25-20-15-32-22-11-6-5-10-21(22)27(24(20)29)13-18-9-7-8-17-12-26(14-19(17)18)33(3,30)31/h5-11,16,20H,4,12-15H2,1-3H3,(H,25,28)/t16-,20+/m1/s1. The molecule has 2 aromatic carbocycles. The second kappa shape index (κ2) is 9.15.